The Balaban J connectivity index is 2.22. The Morgan fingerprint density at radius 1 is 1.33 bits per heavy atom. The molecular formula is C7H14O3S2. The first-order valence-electron chi connectivity index (χ1n) is 4.11. The summed E-state index contributed by atoms with van der Waals surface area (Å²) in [6.45, 7) is 0. The first-order chi connectivity index (χ1) is 5.58. The van der Waals surface area contributed by atoms with Crippen molar-refractivity contribution in [2.24, 2.45) is 5.92 Å². The van der Waals surface area contributed by atoms with Crippen LogP contribution in [0.25, 0.3) is 0 Å². The van der Waals surface area contributed by atoms with Crippen LogP contribution in [0.2, 0.25) is 0 Å². The van der Waals surface area contributed by atoms with Gasteiger partial charge in [-0.25, -0.2) is 0 Å². The Bertz CT molecular complexity index is 217. The van der Waals surface area contributed by atoms with Gasteiger partial charge in [0.25, 0.3) is 10.1 Å². The minimum absolute atomic E-state index is 0.0671. The molecule has 1 fully saturated rings. The predicted octanol–water partition coefficient (Wildman–Crippen LogP) is 1.41. The average Bonchev–Trinajstić information content (AvgIpc) is 2.02. The van der Waals surface area contributed by atoms with Crippen LogP contribution in [-0.4, -0.2) is 30.2 Å². The zero-order valence-electron chi connectivity index (χ0n) is 6.90. The zero-order chi connectivity index (χ0) is 9.03. The highest BCUT2D eigenvalue weighted by Gasteiger charge is 2.16. The van der Waals surface area contributed by atoms with E-state index >= 15 is 0 Å². The van der Waals surface area contributed by atoms with Crippen molar-refractivity contribution in [2.45, 2.75) is 19.3 Å². The molecule has 72 valence electrons. The van der Waals surface area contributed by atoms with Crippen LogP contribution in [0.15, 0.2) is 0 Å². The van der Waals surface area contributed by atoms with Crippen LogP contribution in [0.5, 0.6) is 0 Å². The first-order valence-corrected chi connectivity index (χ1v) is 6.87. The van der Waals surface area contributed by atoms with Gasteiger partial charge in [-0.15, -0.1) is 0 Å². The summed E-state index contributed by atoms with van der Waals surface area (Å²) in [6.07, 6.45) is 2.82. The molecule has 1 saturated heterocycles. The summed E-state index contributed by atoms with van der Waals surface area (Å²) in [5, 5.41) is 0. The van der Waals surface area contributed by atoms with Gasteiger partial charge < -0.3 is 0 Å². The van der Waals surface area contributed by atoms with E-state index in [0.717, 1.165) is 24.3 Å². The first kappa shape index (κ1) is 10.3. The Morgan fingerprint density at radius 2 is 1.92 bits per heavy atom. The summed E-state index contributed by atoms with van der Waals surface area (Å²) in [7, 11) is -3.73. The van der Waals surface area contributed by atoms with Crippen molar-refractivity contribution in [2.75, 3.05) is 17.3 Å². The van der Waals surface area contributed by atoms with E-state index in [1.807, 2.05) is 11.8 Å². The molecule has 0 bridgehead atoms. The molecule has 5 heteroatoms. The highest BCUT2D eigenvalue weighted by atomic mass is 32.2. The van der Waals surface area contributed by atoms with E-state index in [1.54, 1.807) is 0 Å². The van der Waals surface area contributed by atoms with Crippen LogP contribution >= 0.6 is 11.8 Å². The normalized spacial score (nSPS) is 21.1. The van der Waals surface area contributed by atoms with E-state index in [9.17, 15) is 8.42 Å². The molecule has 0 aromatic carbocycles. The Kier molecular flexibility index (Phi) is 3.86. The van der Waals surface area contributed by atoms with Crippen LogP contribution < -0.4 is 0 Å². The Morgan fingerprint density at radius 3 is 2.42 bits per heavy atom. The molecule has 0 spiro atoms. The monoisotopic (exact) mass is 210 g/mol. The molecular weight excluding hydrogens is 196 g/mol. The highest BCUT2D eigenvalue weighted by Crippen LogP contribution is 2.25. The van der Waals surface area contributed by atoms with Crippen molar-refractivity contribution in [3.63, 3.8) is 0 Å². The topological polar surface area (TPSA) is 54.4 Å². The van der Waals surface area contributed by atoms with Gasteiger partial charge in [0, 0.05) is 0 Å². The molecule has 3 nitrogen and oxygen atoms in total. The summed E-state index contributed by atoms with van der Waals surface area (Å²) in [4.78, 5) is 0. The molecule has 0 saturated carbocycles. The quantitative estimate of drug-likeness (QED) is 0.716. The maximum absolute atomic E-state index is 10.4. The lowest BCUT2D eigenvalue weighted by Crippen LogP contribution is -2.14. The maximum atomic E-state index is 10.4. The van der Waals surface area contributed by atoms with E-state index in [1.165, 1.54) is 0 Å². The number of hydrogen-bond donors (Lipinski definition) is 1. The summed E-state index contributed by atoms with van der Waals surface area (Å²) >= 11 is 1.92. The van der Waals surface area contributed by atoms with Gasteiger partial charge in [0.05, 0.1) is 5.75 Å². The molecule has 0 amide bonds. The minimum Gasteiger partial charge on any atom is -0.286 e. The minimum atomic E-state index is -3.73. The van der Waals surface area contributed by atoms with Gasteiger partial charge in [0.2, 0.25) is 0 Å². The smallest absolute Gasteiger partial charge is 0.264 e. The molecule has 1 rings (SSSR count). The highest BCUT2D eigenvalue weighted by molar-refractivity contribution is 7.99. The third kappa shape index (κ3) is 4.33. The second-order valence-corrected chi connectivity index (χ2v) is 5.93. The van der Waals surface area contributed by atoms with Gasteiger partial charge in [0.1, 0.15) is 0 Å². The molecule has 1 aliphatic heterocycles. The third-order valence-electron chi connectivity index (χ3n) is 2.12. The summed E-state index contributed by atoms with van der Waals surface area (Å²) in [5.74, 6) is 2.71. The molecule has 1 N–H and O–H groups in total. The van der Waals surface area contributed by atoms with Crippen molar-refractivity contribution in [1.29, 1.82) is 0 Å². The van der Waals surface area contributed by atoms with E-state index < -0.39 is 10.1 Å². The van der Waals surface area contributed by atoms with E-state index in [0.29, 0.717) is 12.3 Å². The van der Waals surface area contributed by atoms with Crippen LogP contribution in [0.3, 0.4) is 0 Å². The van der Waals surface area contributed by atoms with Crippen molar-refractivity contribution >= 4 is 21.9 Å². The maximum Gasteiger partial charge on any atom is 0.264 e. The van der Waals surface area contributed by atoms with E-state index in [4.69, 9.17) is 4.55 Å². The van der Waals surface area contributed by atoms with Gasteiger partial charge in [-0.05, 0) is 36.7 Å². The van der Waals surface area contributed by atoms with Crippen LogP contribution in [0, 0.1) is 5.92 Å². The van der Waals surface area contributed by atoms with Crippen molar-refractivity contribution in [1.82, 2.24) is 0 Å². The van der Waals surface area contributed by atoms with Gasteiger partial charge in [-0.2, -0.15) is 20.2 Å². The Labute approximate surface area is 77.7 Å². The van der Waals surface area contributed by atoms with Gasteiger partial charge in [0.15, 0.2) is 0 Å². The molecule has 12 heavy (non-hydrogen) atoms. The van der Waals surface area contributed by atoms with Gasteiger partial charge in [-0.1, -0.05) is 0 Å². The predicted molar refractivity (Wildman–Crippen MR) is 51.1 cm³/mol. The average molecular weight is 210 g/mol. The molecule has 0 unspecified atom stereocenters. The third-order valence-corrected chi connectivity index (χ3v) is 3.93. The lowest BCUT2D eigenvalue weighted by Gasteiger charge is -2.20. The van der Waals surface area contributed by atoms with Crippen LogP contribution in [-0.2, 0) is 10.1 Å². The second kappa shape index (κ2) is 4.48. The summed E-state index contributed by atoms with van der Waals surface area (Å²) in [6, 6.07) is 0. The van der Waals surface area contributed by atoms with Crippen molar-refractivity contribution in [3.05, 3.63) is 0 Å². The molecule has 1 heterocycles. The molecule has 0 aliphatic carbocycles. The number of thioether (sulfide) groups is 1. The molecule has 0 aromatic heterocycles. The van der Waals surface area contributed by atoms with Gasteiger partial charge in [-0.3, -0.25) is 4.55 Å². The fraction of sp³-hybridized carbons (Fsp3) is 1.00. The fourth-order valence-electron chi connectivity index (χ4n) is 1.35. The van der Waals surface area contributed by atoms with E-state index in [-0.39, 0.29) is 5.75 Å². The summed E-state index contributed by atoms with van der Waals surface area (Å²) in [5.41, 5.74) is 0. The standard InChI is InChI=1S/C7H14O3S2/c8-12(9,10)6-3-7-1-4-11-5-2-7/h7H,1-6H2,(H,8,9,10). The second-order valence-electron chi connectivity index (χ2n) is 3.13. The van der Waals surface area contributed by atoms with Gasteiger partial charge >= 0.3 is 0 Å². The fourth-order valence-corrected chi connectivity index (χ4v) is 3.19. The number of hydrogen-bond acceptors (Lipinski definition) is 3. The number of rotatable bonds is 3. The van der Waals surface area contributed by atoms with Crippen LogP contribution in [0.1, 0.15) is 19.3 Å². The van der Waals surface area contributed by atoms with Crippen molar-refractivity contribution < 1.29 is 13.0 Å². The lowest BCUT2D eigenvalue weighted by molar-refractivity contribution is 0.446. The van der Waals surface area contributed by atoms with Crippen LogP contribution in [0.4, 0.5) is 0 Å². The molecule has 0 atom stereocenters. The summed E-state index contributed by atoms with van der Waals surface area (Å²) < 4.78 is 29.4. The zero-order valence-corrected chi connectivity index (χ0v) is 8.53. The largest absolute Gasteiger partial charge is 0.286 e. The SMILES string of the molecule is O=S(=O)(O)CCC1CCSCC1. The lowest BCUT2D eigenvalue weighted by atomic mass is 10.0. The van der Waals surface area contributed by atoms with Crippen molar-refractivity contribution in [3.8, 4) is 0 Å². The molecule has 0 radical (unpaired) electrons. The Hall–Kier alpha value is 0.260. The molecule has 0 aromatic rings. The molecule has 1 aliphatic rings. The van der Waals surface area contributed by atoms with E-state index in [2.05, 4.69) is 0 Å².